The van der Waals surface area contributed by atoms with Gasteiger partial charge in [0.1, 0.15) is 5.75 Å². The molecule has 2 rings (SSSR count). The third kappa shape index (κ3) is 4.45. The third-order valence-electron chi connectivity index (χ3n) is 3.90. The highest BCUT2D eigenvalue weighted by molar-refractivity contribution is 5.79. The van der Waals surface area contributed by atoms with Crippen molar-refractivity contribution in [2.45, 2.75) is 33.2 Å². The van der Waals surface area contributed by atoms with Gasteiger partial charge in [-0.15, -0.1) is 0 Å². The van der Waals surface area contributed by atoms with Crippen molar-refractivity contribution in [2.75, 3.05) is 26.4 Å². The summed E-state index contributed by atoms with van der Waals surface area (Å²) in [6.45, 7) is 6.88. The Morgan fingerprint density at radius 1 is 1.30 bits per heavy atom. The number of carboxylic acid groups (broad SMARTS) is 1. The van der Waals surface area contributed by atoms with Crippen LogP contribution in [0, 0.1) is 20.8 Å². The van der Waals surface area contributed by atoms with Crippen LogP contribution in [0.25, 0.3) is 0 Å². The van der Waals surface area contributed by atoms with Gasteiger partial charge in [-0.3, -0.25) is 9.59 Å². The highest BCUT2D eigenvalue weighted by Crippen LogP contribution is 2.24. The van der Waals surface area contributed by atoms with E-state index in [1.54, 1.807) is 4.90 Å². The number of rotatable bonds is 5. The van der Waals surface area contributed by atoms with Crippen LogP contribution in [0.4, 0.5) is 0 Å². The Bertz CT molecular complexity index is 576. The zero-order chi connectivity index (χ0) is 17.0. The molecule has 0 spiro atoms. The van der Waals surface area contributed by atoms with Gasteiger partial charge in [-0.25, -0.2) is 0 Å². The number of hydrogen-bond acceptors (Lipinski definition) is 4. The second-order valence-corrected chi connectivity index (χ2v) is 5.93. The van der Waals surface area contributed by atoms with E-state index in [9.17, 15) is 9.59 Å². The fourth-order valence-electron chi connectivity index (χ4n) is 2.97. The molecule has 6 nitrogen and oxygen atoms in total. The van der Waals surface area contributed by atoms with Gasteiger partial charge in [-0.1, -0.05) is 17.7 Å². The van der Waals surface area contributed by atoms with Crippen molar-refractivity contribution in [3.05, 3.63) is 28.8 Å². The molecule has 1 heterocycles. The van der Waals surface area contributed by atoms with Gasteiger partial charge in [0, 0.05) is 6.54 Å². The predicted octanol–water partition coefficient (Wildman–Crippen LogP) is 1.69. The summed E-state index contributed by atoms with van der Waals surface area (Å²) in [5.41, 5.74) is 3.12. The standard InChI is InChI=1S/C17H23NO5/c1-11-6-12(2)17(13(3)7-11)23-10-15(19)18-4-5-22-9-14(18)8-16(20)21/h6-7,14H,4-5,8-10H2,1-3H3,(H,20,21). The lowest BCUT2D eigenvalue weighted by Crippen LogP contribution is -2.51. The Hall–Kier alpha value is -2.08. The lowest BCUT2D eigenvalue weighted by molar-refractivity contribution is -0.147. The molecule has 0 aromatic heterocycles. The molecule has 0 saturated carbocycles. The molecule has 1 aliphatic heterocycles. The summed E-state index contributed by atoms with van der Waals surface area (Å²) in [7, 11) is 0. The minimum absolute atomic E-state index is 0.0964. The summed E-state index contributed by atoms with van der Waals surface area (Å²) in [6, 6.07) is 3.58. The minimum Gasteiger partial charge on any atom is -0.483 e. The largest absolute Gasteiger partial charge is 0.483 e. The first kappa shape index (κ1) is 17.3. The number of aliphatic carboxylic acids is 1. The Balaban J connectivity index is 2.02. The maximum Gasteiger partial charge on any atom is 0.305 e. The number of ether oxygens (including phenoxy) is 2. The Kier molecular flexibility index (Phi) is 5.60. The van der Waals surface area contributed by atoms with Gasteiger partial charge in [0.2, 0.25) is 0 Å². The molecule has 1 fully saturated rings. The van der Waals surface area contributed by atoms with E-state index in [-0.39, 0.29) is 25.5 Å². The number of nitrogens with zero attached hydrogens (tertiary/aromatic N) is 1. The molecular weight excluding hydrogens is 298 g/mol. The van der Waals surface area contributed by atoms with Crippen LogP contribution in [0.3, 0.4) is 0 Å². The molecule has 1 aromatic rings. The van der Waals surface area contributed by atoms with Gasteiger partial charge in [0.05, 0.1) is 25.7 Å². The molecule has 1 aliphatic rings. The van der Waals surface area contributed by atoms with Crippen molar-refractivity contribution < 1.29 is 24.2 Å². The number of carbonyl (C=O) groups excluding carboxylic acids is 1. The quantitative estimate of drug-likeness (QED) is 0.893. The lowest BCUT2D eigenvalue weighted by Gasteiger charge is -2.34. The predicted molar refractivity (Wildman–Crippen MR) is 84.7 cm³/mol. The second-order valence-electron chi connectivity index (χ2n) is 5.93. The summed E-state index contributed by atoms with van der Waals surface area (Å²) >= 11 is 0. The van der Waals surface area contributed by atoms with Gasteiger partial charge < -0.3 is 19.5 Å². The van der Waals surface area contributed by atoms with Gasteiger partial charge in [-0.2, -0.15) is 0 Å². The lowest BCUT2D eigenvalue weighted by atomic mass is 10.1. The zero-order valence-electron chi connectivity index (χ0n) is 13.8. The van der Waals surface area contributed by atoms with Gasteiger partial charge in [-0.05, 0) is 31.9 Å². The van der Waals surface area contributed by atoms with Gasteiger partial charge in [0.25, 0.3) is 5.91 Å². The first-order chi connectivity index (χ1) is 10.9. The average molecular weight is 321 g/mol. The smallest absolute Gasteiger partial charge is 0.305 e. The Labute approximate surface area is 136 Å². The van der Waals surface area contributed by atoms with Crippen LogP contribution >= 0.6 is 0 Å². The van der Waals surface area contributed by atoms with E-state index in [4.69, 9.17) is 14.6 Å². The van der Waals surface area contributed by atoms with Crippen LogP contribution < -0.4 is 4.74 Å². The molecule has 1 amide bonds. The first-order valence-corrected chi connectivity index (χ1v) is 7.68. The number of aryl methyl sites for hydroxylation is 3. The monoisotopic (exact) mass is 321 g/mol. The number of hydrogen-bond donors (Lipinski definition) is 1. The molecule has 1 atom stereocenters. The van der Waals surface area contributed by atoms with E-state index >= 15 is 0 Å². The van der Waals surface area contributed by atoms with Crippen LogP contribution in [0.15, 0.2) is 12.1 Å². The van der Waals surface area contributed by atoms with Crippen LogP contribution in [0.1, 0.15) is 23.1 Å². The summed E-state index contributed by atoms with van der Waals surface area (Å²) < 4.78 is 11.0. The normalized spacial score (nSPS) is 17.9. The van der Waals surface area contributed by atoms with Crippen LogP contribution in [-0.4, -0.2) is 54.3 Å². The van der Waals surface area contributed by atoms with Crippen LogP contribution in [-0.2, 0) is 14.3 Å². The molecule has 1 unspecified atom stereocenters. The maximum atomic E-state index is 12.4. The molecule has 0 radical (unpaired) electrons. The first-order valence-electron chi connectivity index (χ1n) is 7.68. The summed E-state index contributed by atoms with van der Waals surface area (Å²) in [4.78, 5) is 24.9. The fourth-order valence-corrected chi connectivity index (χ4v) is 2.97. The van der Waals surface area contributed by atoms with E-state index in [0.29, 0.717) is 18.9 Å². The minimum atomic E-state index is -0.940. The van der Waals surface area contributed by atoms with E-state index in [1.165, 1.54) is 0 Å². The van der Waals surface area contributed by atoms with E-state index in [1.807, 2.05) is 32.9 Å². The SMILES string of the molecule is Cc1cc(C)c(OCC(=O)N2CCOCC2CC(=O)O)c(C)c1. The second kappa shape index (κ2) is 7.46. The number of morpholine rings is 1. The topological polar surface area (TPSA) is 76.1 Å². The molecule has 1 aromatic carbocycles. The number of carbonyl (C=O) groups is 2. The van der Waals surface area contributed by atoms with E-state index in [0.717, 1.165) is 16.7 Å². The van der Waals surface area contributed by atoms with Crippen molar-refractivity contribution in [2.24, 2.45) is 0 Å². The molecule has 0 aliphatic carbocycles. The summed E-state index contributed by atoms with van der Waals surface area (Å²) in [6.07, 6.45) is -0.117. The number of carboxylic acids is 1. The van der Waals surface area contributed by atoms with Gasteiger partial charge in [0.15, 0.2) is 6.61 Å². The Morgan fingerprint density at radius 3 is 2.57 bits per heavy atom. The highest BCUT2D eigenvalue weighted by atomic mass is 16.5. The fraction of sp³-hybridized carbons (Fsp3) is 0.529. The van der Waals surface area contributed by atoms with Crippen LogP contribution in [0.5, 0.6) is 5.75 Å². The number of benzene rings is 1. The van der Waals surface area contributed by atoms with Crippen molar-refractivity contribution in [3.8, 4) is 5.75 Å². The molecule has 23 heavy (non-hydrogen) atoms. The molecule has 126 valence electrons. The third-order valence-corrected chi connectivity index (χ3v) is 3.90. The maximum absolute atomic E-state index is 12.4. The molecule has 1 N–H and O–H groups in total. The summed E-state index contributed by atoms with van der Waals surface area (Å²) in [5.74, 6) is -0.435. The average Bonchev–Trinajstić information content (AvgIpc) is 2.45. The van der Waals surface area contributed by atoms with Crippen LogP contribution in [0.2, 0.25) is 0 Å². The van der Waals surface area contributed by atoms with E-state index in [2.05, 4.69) is 0 Å². The van der Waals surface area contributed by atoms with Crippen molar-refractivity contribution in [1.29, 1.82) is 0 Å². The van der Waals surface area contributed by atoms with Gasteiger partial charge >= 0.3 is 5.97 Å². The number of amides is 1. The van der Waals surface area contributed by atoms with Crippen molar-refractivity contribution in [3.63, 3.8) is 0 Å². The Morgan fingerprint density at radius 2 is 1.96 bits per heavy atom. The van der Waals surface area contributed by atoms with Crippen molar-refractivity contribution in [1.82, 2.24) is 4.90 Å². The van der Waals surface area contributed by atoms with E-state index < -0.39 is 12.0 Å². The zero-order valence-corrected chi connectivity index (χ0v) is 13.8. The molecular formula is C17H23NO5. The summed E-state index contributed by atoms with van der Waals surface area (Å²) in [5, 5.41) is 8.95. The molecule has 6 heteroatoms. The highest BCUT2D eigenvalue weighted by Gasteiger charge is 2.29. The van der Waals surface area contributed by atoms with Crippen molar-refractivity contribution >= 4 is 11.9 Å². The molecule has 1 saturated heterocycles. The molecule has 0 bridgehead atoms.